The van der Waals surface area contributed by atoms with Gasteiger partial charge in [-0.15, -0.1) is 24.0 Å². The quantitative estimate of drug-likeness (QED) is 0.349. The lowest BCUT2D eigenvalue weighted by Crippen LogP contribution is -2.53. The summed E-state index contributed by atoms with van der Waals surface area (Å²) in [7, 11) is 5.20. The molecule has 1 N–H and O–H groups in total. The summed E-state index contributed by atoms with van der Waals surface area (Å²) in [6.45, 7) is 4.27. The van der Waals surface area contributed by atoms with E-state index >= 15 is 0 Å². The highest BCUT2D eigenvalue weighted by Crippen LogP contribution is 2.20. The van der Waals surface area contributed by atoms with Crippen molar-refractivity contribution in [2.75, 3.05) is 58.8 Å². The average Bonchev–Trinajstić information content (AvgIpc) is 2.80. The van der Waals surface area contributed by atoms with Gasteiger partial charge in [-0.3, -0.25) is 4.79 Å². The van der Waals surface area contributed by atoms with Gasteiger partial charge in [0.2, 0.25) is 5.91 Å². The number of carbonyl (C=O) groups is 1. The summed E-state index contributed by atoms with van der Waals surface area (Å²) in [4.78, 5) is 23.0. The van der Waals surface area contributed by atoms with Crippen LogP contribution in [0.5, 0.6) is 5.75 Å². The minimum Gasteiger partial charge on any atom is -0.497 e. The summed E-state index contributed by atoms with van der Waals surface area (Å²) in [5.74, 6) is 1.67. The molecule has 1 aliphatic rings. The van der Waals surface area contributed by atoms with Crippen LogP contribution in [-0.4, -0.2) is 75.6 Å². The summed E-state index contributed by atoms with van der Waals surface area (Å²) in [5, 5.41) is 3.26. The van der Waals surface area contributed by atoms with Gasteiger partial charge in [-0.05, 0) is 29.8 Å². The standard InChI is InChI=1S/C23H31N5O2.HI/c1-26(2)22(29)18-25-23(24-17-19-7-5-4-6-8-19)28-15-13-27(14-16-28)20-9-11-21(30-3)12-10-20;/h4-12H,13-18H2,1-3H3,(H,24,25);1H. The number of hydrogen-bond acceptors (Lipinski definition) is 4. The Morgan fingerprint density at radius 2 is 1.68 bits per heavy atom. The number of ether oxygens (including phenoxy) is 1. The van der Waals surface area contributed by atoms with Crippen LogP contribution in [0.15, 0.2) is 59.6 Å². The lowest BCUT2D eigenvalue weighted by molar-refractivity contribution is -0.127. The van der Waals surface area contributed by atoms with E-state index in [1.54, 1.807) is 26.1 Å². The maximum atomic E-state index is 12.1. The van der Waals surface area contributed by atoms with Gasteiger partial charge in [0, 0.05) is 46.0 Å². The number of methoxy groups -OCH3 is 1. The second kappa shape index (κ2) is 12.4. The molecule has 2 aromatic carbocycles. The average molecular weight is 537 g/mol. The first-order chi connectivity index (χ1) is 14.6. The third-order valence-corrected chi connectivity index (χ3v) is 5.17. The predicted octanol–water partition coefficient (Wildman–Crippen LogP) is 2.67. The molecule has 0 bridgehead atoms. The van der Waals surface area contributed by atoms with Crippen LogP contribution in [0.1, 0.15) is 5.56 Å². The topological polar surface area (TPSA) is 60.4 Å². The number of amides is 1. The van der Waals surface area contributed by atoms with E-state index in [4.69, 9.17) is 9.73 Å². The van der Waals surface area contributed by atoms with E-state index < -0.39 is 0 Å². The zero-order valence-corrected chi connectivity index (χ0v) is 20.8. The monoisotopic (exact) mass is 537 g/mol. The maximum absolute atomic E-state index is 12.1. The molecule has 0 saturated carbocycles. The van der Waals surface area contributed by atoms with Crippen molar-refractivity contribution < 1.29 is 9.53 Å². The van der Waals surface area contributed by atoms with Crippen LogP contribution in [0.4, 0.5) is 5.69 Å². The molecule has 1 amide bonds. The highest BCUT2D eigenvalue weighted by Gasteiger charge is 2.21. The Morgan fingerprint density at radius 1 is 1.03 bits per heavy atom. The molecular formula is C23H32IN5O2. The number of anilines is 1. The SMILES string of the molecule is COc1ccc(N2CCN(C(=NCc3ccccc3)NCC(=O)N(C)C)CC2)cc1.I. The molecule has 2 aromatic rings. The first-order valence-corrected chi connectivity index (χ1v) is 10.2. The number of piperazine rings is 1. The molecule has 1 fully saturated rings. The smallest absolute Gasteiger partial charge is 0.241 e. The molecule has 0 radical (unpaired) electrons. The number of likely N-dealkylation sites (N-methyl/N-ethyl adjacent to an activating group) is 1. The molecule has 0 spiro atoms. The summed E-state index contributed by atoms with van der Waals surface area (Å²) in [6.07, 6.45) is 0. The van der Waals surface area contributed by atoms with Crippen molar-refractivity contribution in [3.63, 3.8) is 0 Å². The van der Waals surface area contributed by atoms with Crippen LogP contribution in [0.2, 0.25) is 0 Å². The van der Waals surface area contributed by atoms with E-state index in [0.29, 0.717) is 6.54 Å². The van der Waals surface area contributed by atoms with Crippen molar-refractivity contribution in [1.29, 1.82) is 0 Å². The van der Waals surface area contributed by atoms with Gasteiger partial charge in [0.1, 0.15) is 5.75 Å². The van der Waals surface area contributed by atoms with Gasteiger partial charge in [0.15, 0.2) is 5.96 Å². The van der Waals surface area contributed by atoms with Gasteiger partial charge in [0.25, 0.3) is 0 Å². The first kappa shape index (κ1) is 24.8. The van der Waals surface area contributed by atoms with E-state index in [-0.39, 0.29) is 36.4 Å². The lowest BCUT2D eigenvalue weighted by Gasteiger charge is -2.37. The van der Waals surface area contributed by atoms with Crippen LogP contribution >= 0.6 is 24.0 Å². The fourth-order valence-corrected chi connectivity index (χ4v) is 3.30. The molecule has 0 aliphatic carbocycles. The molecule has 0 aromatic heterocycles. The molecule has 1 heterocycles. The fourth-order valence-electron chi connectivity index (χ4n) is 3.30. The molecule has 1 saturated heterocycles. The predicted molar refractivity (Wildman–Crippen MR) is 136 cm³/mol. The van der Waals surface area contributed by atoms with Crippen molar-refractivity contribution in [1.82, 2.24) is 15.1 Å². The molecule has 7 nitrogen and oxygen atoms in total. The van der Waals surface area contributed by atoms with Gasteiger partial charge in [-0.25, -0.2) is 4.99 Å². The van der Waals surface area contributed by atoms with Crippen molar-refractivity contribution in [3.05, 3.63) is 60.2 Å². The largest absolute Gasteiger partial charge is 0.497 e. The molecule has 0 atom stereocenters. The van der Waals surface area contributed by atoms with Crippen molar-refractivity contribution in [2.24, 2.45) is 4.99 Å². The minimum atomic E-state index is 0. The number of benzene rings is 2. The van der Waals surface area contributed by atoms with E-state index in [1.807, 2.05) is 30.3 Å². The molecule has 168 valence electrons. The van der Waals surface area contributed by atoms with Gasteiger partial charge in [0.05, 0.1) is 20.2 Å². The molecular weight excluding hydrogens is 505 g/mol. The number of hydrogen-bond donors (Lipinski definition) is 1. The first-order valence-electron chi connectivity index (χ1n) is 10.2. The molecule has 0 unspecified atom stereocenters. The van der Waals surface area contributed by atoms with Crippen LogP contribution in [0.3, 0.4) is 0 Å². The Hall–Kier alpha value is -2.49. The number of aliphatic imine (C=N–C) groups is 1. The number of halogens is 1. The van der Waals surface area contributed by atoms with E-state index in [2.05, 4.69) is 39.4 Å². The molecule has 3 rings (SSSR count). The maximum Gasteiger partial charge on any atom is 0.241 e. The molecule has 1 aliphatic heterocycles. The fraction of sp³-hybridized carbons (Fsp3) is 0.391. The van der Waals surface area contributed by atoms with Crippen molar-refractivity contribution >= 4 is 41.5 Å². The van der Waals surface area contributed by atoms with Crippen molar-refractivity contribution in [3.8, 4) is 5.75 Å². The minimum absolute atomic E-state index is 0. The van der Waals surface area contributed by atoms with Gasteiger partial charge < -0.3 is 24.8 Å². The number of nitrogens with one attached hydrogen (secondary N) is 1. The van der Waals surface area contributed by atoms with Gasteiger partial charge >= 0.3 is 0 Å². The van der Waals surface area contributed by atoms with Crippen LogP contribution in [-0.2, 0) is 11.3 Å². The van der Waals surface area contributed by atoms with Crippen LogP contribution in [0, 0.1) is 0 Å². The second-order valence-corrected chi connectivity index (χ2v) is 7.44. The summed E-state index contributed by atoms with van der Waals surface area (Å²) >= 11 is 0. The number of rotatable bonds is 6. The van der Waals surface area contributed by atoms with E-state index in [9.17, 15) is 4.79 Å². The Balaban J connectivity index is 0.00000341. The third-order valence-electron chi connectivity index (χ3n) is 5.17. The Bertz CT molecular complexity index is 835. The van der Waals surface area contributed by atoms with Gasteiger partial charge in [-0.2, -0.15) is 0 Å². The summed E-state index contributed by atoms with van der Waals surface area (Å²) in [5.41, 5.74) is 2.33. The molecule has 31 heavy (non-hydrogen) atoms. The third kappa shape index (κ3) is 7.30. The normalized spacial score (nSPS) is 14.0. The number of guanidine groups is 1. The second-order valence-electron chi connectivity index (χ2n) is 7.44. The number of carbonyl (C=O) groups excluding carboxylic acids is 1. The Kier molecular flexibility index (Phi) is 9.90. The lowest BCUT2D eigenvalue weighted by atomic mass is 10.2. The number of nitrogens with zero attached hydrogens (tertiary/aromatic N) is 4. The van der Waals surface area contributed by atoms with Gasteiger partial charge in [-0.1, -0.05) is 30.3 Å². The molecule has 8 heteroatoms. The zero-order chi connectivity index (χ0) is 21.3. The Morgan fingerprint density at radius 3 is 2.26 bits per heavy atom. The Labute approximate surface area is 202 Å². The highest BCUT2D eigenvalue weighted by molar-refractivity contribution is 14.0. The van der Waals surface area contributed by atoms with Crippen molar-refractivity contribution in [2.45, 2.75) is 6.54 Å². The zero-order valence-electron chi connectivity index (χ0n) is 18.5. The van der Waals surface area contributed by atoms with E-state index in [0.717, 1.165) is 43.5 Å². The highest BCUT2D eigenvalue weighted by atomic mass is 127. The van der Waals surface area contributed by atoms with Crippen LogP contribution < -0.4 is 15.0 Å². The summed E-state index contributed by atoms with van der Waals surface area (Å²) < 4.78 is 5.25. The summed E-state index contributed by atoms with van der Waals surface area (Å²) in [6, 6.07) is 18.3. The van der Waals surface area contributed by atoms with E-state index in [1.165, 1.54) is 5.69 Å². The van der Waals surface area contributed by atoms with Crippen LogP contribution in [0.25, 0.3) is 0 Å².